The third-order valence-electron chi connectivity index (χ3n) is 4.23. The third-order valence-corrected chi connectivity index (χ3v) is 4.23. The lowest BCUT2D eigenvalue weighted by Crippen LogP contribution is -2.39. The molecule has 124 valence electrons. The molecule has 2 aliphatic rings. The van der Waals surface area contributed by atoms with Crippen molar-refractivity contribution in [3.63, 3.8) is 0 Å². The van der Waals surface area contributed by atoms with E-state index in [1.807, 2.05) is 20.8 Å². The standard InChI is InChI=1S/C18H23FN2O2/c1-18(2,3)23-17(22)21-8-6-12(7-9-21)15-11-20-16-5-4-13(19)10-14(15)16/h4-6,10,15,20H,7-9,11H2,1-3H3. The number of benzene rings is 1. The first kappa shape index (κ1) is 15.8. The zero-order chi connectivity index (χ0) is 16.6. The molecule has 1 unspecified atom stereocenters. The number of nitrogens with zero attached hydrogens (tertiary/aromatic N) is 1. The summed E-state index contributed by atoms with van der Waals surface area (Å²) in [5.41, 5.74) is 2.81. The summed E-state index contributed by atoms with van der Waals surface area (Å²) in [6, 6.07) is 4.88. The van der Waals surface area contributed by atoms with Crippen LogP contribution in [0, 0.1) is 5.82 Å². The quantitative estimate of drug-likeness (QED) is 0.798. The molecule has 1 N–H and O–H groups in total. The maximum Gasteiger partial charge on any atom is 0.410 e. The van der Waals surface area contributed by atoms with Gasteiger partial charge in [0.2, 0.25) is 0 Å². The Morgan fingerprint density at radius 3 is 2.83 bits per heavy atom. The number of nitrogens with one attached hydrogen (secondary N) is 1. The summed E-state index contributed by atoms with van der Waals surface area (Å²) < 4.78 is 18.9. The van der Waals surface area contributed by atoms with Crippen LogP contribution in [0.25, 0.3) is 0 Å². The molecule has 0 radical (unpaired) electrons. The van der Waals surface area contributed by atoms with E-state index in [4.69, 9.17) is 4.74 Å². The van der Waals surface area contributed by atoms with Crippen LogP contribution in [0.15, 0.2) is 29.8 Å². The molecule has 3 rings (SSSR count). The predicted molar refractivity (Wildman–Crippen MR) is 88.1 cm³/mol. The average Bonchev–Trinajstić information content (AvgIpc) is 2.88. The van der Waals surface area contributed by atoms with Gasteiger partial charge in [0, 0.05) is 31.2 Å². The number of ether oxygens (including phenoxy) is 1. The highest BCUT2D eigenvalue weighted by Gasteiger charge is 2.29. The fourth-order valence-electron chi connectivity index (χ4n) is 3.13. The van der Waals surface area contributed by atoms with Gasteiger partial charge in [-0.05, 0) is 51.0 Å². The second-order valence-corrected chi connectivity index (χ2v) is 7.12. The lowest BCUT2D eigenvalue weighted by molar-refractivity contribution is 0.0265. The molecular weight excluding hydrogens is 295 g/mol. The predicted octanol–water partition coefficient (Wildman–Crippen LogP) is 3.90. The zero-order valence-corrected chi connectivity index (χ0v) is 13.9. The number of hydrogen-bond acceptors (Lipinski definition) is 3. The smallest absolute Gasteiger partial charge is 0.410 e. The second kappa shape index (κ2) is 5.87. The number of carbonyl (C=O) groups excluding carboxylic acids is 1. The Hall–Kier alpha value is -2.04. The van der Waals surface area contributed by atoms with Crippen molar-refractivity contribution in [3.05, 3.63) is 41.2 Å². The van der Waals surface area contributed by atoms with Crippen molar-refractivity contribution < 1.29 is 13.9 Å². The summed E-state index contributed by atoms with van der Waals surface area (Å²) in [5.74, 6) is -0.00859. The fourth-order valence-corrected chi connectivity index (χ4v) is 3.13. The summed E-state index contributed by atoms with van der Waals surface area (Å²) >= 11 is 0. The molecule has 1 amide bonds. The maximum atomic E-state index is 13.5. The normalized spacial score (nSPS) is 20.6. The number of halogens is 1. The summed E-state index contributed by atoms with van der Waals surface area (Å²) in [6.45, 7) is 7.58. The van der Waals surface area contributed by atoms with Crippen LogP contribution in [0.1, 0.15) is 38.7 Å². The Labute approximate surface area is 136 Å². The van der Waals surface area contributed by atoms with E-state index in [-0.39, 0.29) is 17.8 Å². The topological polar surface area (TPSA) is 41.6 Å². The first-order valence-electron chi connectivity index (χ1n) is 8.04. The molecule has 2 aliphatic heterocycles. The minimum atomic E-state index is -0.479. The van der Waals surface area contributed by atoms with Crippen molar-refractivity contribution in [2.24, 2.45) is 0 Å². The SMILES string of the molecule is CC(C)(C)OC(=O)N1CC=C(C2CNc3ccc(F)cc32)CC1. The van der Waals surface area contributed by atoms with Gasteiger partial charge in [-0.25, -0.2) is 9.18 Å². The lowest BCUT2D eigenvalue weighted by atomic mass is 9.89. The van der Waals surface area contributed by atoms with Gasteiger partial charge in [0.15, 0.2) is 0 Å². The van der Waals surface area contributed by atoms with E-state index < -0.39 is 5.60 Å². The Morgan fingerprint density at radius 1 is 1.39 bits per heavy atom. The largest absolute Gasteiger partial charge is 0.444 e. The van der Waals surface area contributed by atoms with Crippen molar-refractivity contribution in [1.29, 1.82) is 0 Å². The molecule has 23 heavy (non-hydrogen) atoms. The van der Waals surface area contributed by atoms with E-state index in [9.17, 15) is 9.18 Å². The Bertz CT molecular complexity index is 649. The van der Waals surface area contributed by atoms with Crippen LogP contribution in [0.2, 0.25) is 0 Å². The summed E-state index contributed by atoms with van der Waals surface area (Å²) in [6.07, 6.45) is 2.60. The summed E-state index contributed by atoms with van der Waals surface area (Å²) in [4.78, 5) is 13.8. The van der Waals surface area contributed by atoms with Crippen LogP contribution in [-0.4, -0.2) is 36.2 Å². The van der Waals surface area contributed by atoms with Gasteiger partial charge in [0.05, 0.1) is 0 Å². The van der Waals surface area contributed by atoms with Crippen molar-refractivity contribution in [1.82, 2.24) is 4.90 Å². The Kier molecular flexibility index (Phi) is 4.04. The van der Waals surface area contributed by atoms with Crippen LogP contribution in [0.4, 0.5) is 14.9 Å². The molecule has 5 heteroatoms. The molecular formula is C18H23FN2O2. The zero-order valence-electron chi connectivity index (χ0n) is 13.9. The number of amides is 1. The number of anilines is 1. The van der Waals surface area contributed by atoms with Gasteiger partial charge in [0.1, 0.15) is 11.4 Å². The number of carbonyl (C=O) groups is 1. The molecule has 0 spiro atoms. The molecule has 0 fully saturated rings. The Balaban J connectivity index is 1.69. The molecule has 1 aromatic carbocycles. The van der Waals surface area contributed by atoms with E-state index in [0.29, 0.717) is 13.1 Å². The Morgan fingerprint density at radius 2 is 2.17 bits per heavy atom. The van der Waals surface area contributed by atoms with E-state index in [0.717, 1.165) is 24.2 Å². The molecule has 0 aliphatic carbocycles. The molecule has 0 saturated carbocycles. The van der Waals surface area contributed by atoms with Gasteiger partial charge < -0.3 is 15.0 Å². The van der Waals surface area contributed by atoms with Gasteiger partial charge in [-0.15, -0.1) is 0 Å². The van der Waals surface area contributed by atoms with Crippen LogP contribution < -0.4 is 5.32 Å². The van der Waals surface area contributed by atoms with E-state index in [1.165, 1.54) is 11.6 Å². The van der Waals surface area contributed by atoms with Gasteiger partial charge >= 0.3 is 6.09 Å². The van der Waals surface area contributed by atoms with Gasteiger partial charge in [-0.1, -0.05) is 11.6 Å². The van der Waals surface area contributed by atoms with Gasteiger partial charge in [-0.3, -0.25) is 0 Å². The number of rotatable bonds is 1. The van der Waals surface area contributed by atoms with Crippen molar-refractivity contribution >= 4 is 11.8 Å². The van der Waals surface area contributed by atoms with Crippen LogP contribution >= 0.6 is 0 Å². The van der Waals surface area contributed by atoms with Gasteiger partial charge in [0.25, 0.3) is 0 Å². The van der Waals surface area contributed by atoms with Crippen LogP contribution in [0.3, 0.4) is 0 Å². The second-order valence-electron chi connectivity index (χ2n) is 7.12. The molecule has 2 heterocycles. The average molecular weight is 318 g/mol. The summed E-state index contributed by atoms with van der Waals surface area (Å²) in [7, 11) is 0. The van der Waals surface area contributed by atoms with Crippen molar-refractivity contribution in [2.75, 3.05) is 25.0 Å². The third kappa shape index (κ3) is 3.49. The lowest BCUT2D eigenvalue weighted by Gasteiger charge is -2.31. The van der Waals surface area contributed by atoms with Crippen molar-refractivity contribution in [3.8, 4) is 0 Å². The highest BCUT2D eigenvalue weighted by atomic mass is 19.1. The number of fused-ring (bicyclic) bond motifs is 1. The molecule has 1 atom stereocenters. The van der Waals surface area contributed by atoms with E-state index in [2.05, 4.69) is 11.4 Å². The highest BCUT2D eigenvalue weighted by Crippen LogP contribution is 2.38. The highest BCUT2D eigenvalue weighted by molar-refractivity contribution is 5.69. The molecule has 4 nitrogen and oxygen atoms in total. The molecule has 0 saturated heterocycles. The minimum absolute atomic E-state index is 0.196. The summed E-state index contributed by atoms with van der Waals surface area (Å²) in [5, 5.41) is 3.33. The molecule has 1 aromatic rings. The number of hydrogen-bond donors (Lipinski definition) is 1. The maximum absolute atomic E-state index is 13.5. The first-order chi connectivity index (χ1) is 10.8. The monoisotopic (exact) mass is 318 g/mol. The van der Waals surface area contributed by atoms with Gasteiger partial charge in [-0.2, -0.15) is 0 Å². The van der Waals surface area contributed by atoms with Crippen LogP contribution in [-0.2, 0) is 4.74 Å². The molecule has 0 bridgehead atoms. The molecule has 0 aromatic heterocycles. The fraction of sp³-hybridized carbons (Fsp3) is 0.500. The minimum Gasteiger partial charge on any atom is -0.444 e. The van der Waals surface area contributed by atoms with Crippen molar-refractivity contribution in [2.45, 2.75) is 38.7 Å². The first-order valence-corrected chi connectivity index (χ1v) is 8.04. The van der Waals surface area contributed by atoms with E-state index in [1.54, 1.807) is 17.0 Å². The van der Waals surface area contributed by atoms with Crippen LogP contribution in [0.5, 0.6) is 0 Å². The van der Waals surface area contributed by atoms with E-state index >= 15 is 0 Å².